The highest BCUT2D eigenvalue weighted by atomic mass is 16.4. The van der Waals surface area contributed by atoms with Gasteiger partial charge in [-0.3, -0.25) is 14.3 Å². The minimum atomic E-state index is -0.919. The maximum absolute atomic E-state index is 12.7. The van der Waals surface area contributed by atoms with Crippen LogP contribution in [-0.2, 0) is 6.54 Å². The summed E-state index contributed by atoms with van der Waals surface area (Å²) < 4.78 is 6.87. The van der Waals surface area contributed by atoms with E-state index in [0.29, 0.717) is 41.2 Å². The summed E-state index contributed by atoms with van der Waals surface area (Å²) in [5.74, 6) is -0.0830. The first-order chi connectivity index (χ1) is 19.5. The van der Waals surface area contributed by atoms with Gasteiger partial charge in [0, 0.05) is 24.2 Å². The van der Waals surface area contributed by atoms with Gasteiger partial charge >= 0.3 is 11.8 Å². The van der Waals surface area contributed by atoms with E-state index in [1.165, 1.54) is 0 Å². The summed E-state index contributed by atoms with van der Waals surface area (Å²) in [6.07, 6.45) is 6.45. The normalized spacial score (nSPS) is 20.2. The van der Waals surface area contributed by atoms with Crippen LogP contribution >= 0.6 is 0 Å². The van der Waals surface area contributed by atoms with Crippen molar-refractivity contribution in [3.05, 3.63) is 94.5 Å². The summed E-state index contributed by atoms with van der Waals surface area (Å²) in [7, 11) is 0. The molecule has 8 heteroatoms. The van der Waals surface area contributed by atoms with Gasteiger partial charge in [-0.2, -0.15) is 0 Å². The van der Waals surface area contributed by atoms with E-state index >= 15 is 0 Å². The molecule has 3 aliphatic rings. The molecule has 3 aliphatic heterocycles. The largest absolute Gasteiger partial charge is 0.465 e. The maximum atomic E-state index is 12.7. The molecule has 4 heterocycles. The monoisotopic (exact) mass is 537 g/mol. The highest BCUT2D eigenvalue weighted by Crippen LogP contribution is 2.38. The highest BCUT2D eigenvalue weighted by molar-refractivity contribution is 5.94. The molecule has 7 rings (SSSR count). The zero-order valence-corrected chi connectivity index (χ0v) is 22.1. The molecule has 0 aliphatic carbocycles. The number of rotatable bonds is 8. The second kappa shape index (κ2) is 11.0. The Balaban J connectivity index is 1.27. The number of fused-ring (bicyclic) bond motifs is 4. The smallest absolute Gasteiger partial charge is 0.419 e. The third-order valence-corrected chi connectivity index (χ3v) is 8.18. The number of aromatic nitrogens is 1. The van der Waals surface area contributed by atoms with E-state index < -0.39 is 11.8 Å². The number of hydrogen-bond donors (Lipinski definition) is 1. The Bertz CT molecular complexity index is 1630. The number of benzene rings is 3. The summed E-state index contributed by atoms with van der Waals surface area (Å²) in [6, 6.07) is 20.7. The fourth-order valence-electron chi connectivity index (χ4n) is 6.16. The Hall–Kier alpha value is -4.43. The van der Waals surface area contributed by atoms with E-state index in [2.05, 4.69) is 4.90 Å². The zero-order valence-electron chi connectivity index (χ0n) is 22.1. The SMILES string of the molecule is O=Cc1ccc2c(c1)oc(=O)n2CCC=Cc1ccc(N(C(=O)O)C2CN3CCC2CC3)c(-c2ccccc2)c1. The number of oxazole rings is 1. The van der Waals surface area contributed by atoms with E-state index in [0.717, 1.165) is 55.5 Å². The number of carbonyl (C=O) groups is 2. The summed E-state index contributed by atoms with van der Waals surface area (Å²) >= 11 is 0. The minimum Gasteiger partial charge on any atom is -0.465 e. The van der Waals surface area contributed by atoms with Crippen LogP contribution in [0.2, 0.25) is 0 Å². The average Bonchev–Trinajstić information content (AvgIpc) is 3.30. The third kappa shape index (κ3) is 4.98. The lowest BCUT2D eigenvalue weighted by molar-refractivity contribution is 0.0838. The molecule has 3 saturated heterocycles. The van der Waals surface area contributed by atoms with E-state index in [4.69, 9.17) is 4.42 Å². The molecule has 204 valence electrons. The molecule has 40 heavy (non-hydrogen) atoms. The lowest BCUT2D eigenvalue weighted by Gasteiger charge is -2.48. The molecule has 0 spiro atoms. The molecule has 1 aromatic heterocycles. The summed E-state index contributed by atoms with van der Waals surface area (Å²) in [5, 5.41) is 10.4. The van der Waals surface area contributed by atoms with Crippen LogP contribution in [0.3, 0.4) is 0 Å². The van der Waals surface area contributed by atoms with E-state index in [-0.39, 0.29) is 6.04 Å². The first kappa shape index (κ1) is 25.8. The van der Waals surface area contributed by atoms with Gasteiger partial charge in [-0.25, -0.2) is 9.59 Å². The number of piperidine rings is 3. The summed E-state index contributed by atoms with van der Waals surface area (Å²) in [6.45, 7) is 3.29. The number of aldehydes is 1. The topological polar surface area (TPSA) is 96.0 Å². The van der Waals surface area contributed by atoms with Gasteiger partial charge in [0.15, 0.2) is 5.58 Å². The van der Waals surface area contributed by atoms with E-state index in [1.807, 2.05) is 60.7 Å². The fraction of sp³-hybridized carbons (Fsp3) is 0.281. The van der Waals surface area contributed by atoms with Gasteiger partial charge in [-0.1, -0.05) is 48.6 Å². The van der Waals surface area contributed by atoms with E-state index in [9.17, 15) is 19.5 Å². The predicted octanol–water partition coefficient (Wildman–Crippen LogP) is 5.76. The third-order valence-electron chi connectivity index (χ3n) is 8.18. The van der Waals surface area contributed by atoms with Crippen molar-refractivity contribution >= 4 is 35.2 Å². The van der Waals surface area contributed by atoms with Crippen molar-refractivity contribution in [2.75, 3.05) is 24.5 Å². The number of aryl methyl sites for hydroxylation is 1. The van der Waals surface area contributed by atoms with Crippen molar-refractivity contribution in [3.63, 3.8) is 0 Å². The zero-order chi connectivity index (χ0) is 27.6. The molecule has 0 radical (unpaired) electrons. The minimum absolute atomic E-state index is 0.0606. The van der Waals surface area contributed by atoms with Crippen LogP contribution in [0, 0.1) is 5.92 Å². The second-order valence-electron chi connectivity index (χ2n) is 10.6. The Morgan fingerprint density at radius 3 is 2.50 bits per heavy atom. The van der Waals surface area contributed by atoms with E-state index in [1.54, 1.807) is 27.7 Å². The number of carbonyl (C=O) groups excluding carboxylic acids is 1. The molecule has 1 amide bonds. The Labute approximate surface area is 231 Å². The molecule has 8 nitrogen and oxygen atoms in total. The standard InChI is InChI=1S/C32H31N3O5/c36-21-23-10-12-28-30(19-23)40-32(39)34(28)15-5-4-6-22-9-11-27(26(18-22)24-7-2-1-3-8-24)35(31(37)38)29-20-33-16-13-25(29)14-17-33/h1-4,6-12,18-19,21,25,29H,5,13-17,20H2,(H,37,38). The van der Waals surface area contributed by atoms with Crippen LogP contribution in [0.4, 0.5) is 10.5 Å². The molecule has 1 atom stereocenters. The van der Waals surface area contributed by atoms with Crippen LogP contribution in [-0.4, -0.2) is 52.6 Å². The number of anilines is 1. The first-order valence-electron chi connectivity index (χ1n) is 13.7. The summed E-state index contributed by atoms with van der Waals surface area (Å²) in [5.41, 5.74) is 5.01. The van der Waals surface area contributed by atoms with Crippen molar-refractivity contribution in [1.82, 2.24) is 9.47 Å². The van der Waals surface area contributed by atoms with Gasteiger partial charge in [0.25, 0.3) is 0 Å². The van der Waals surface area contributed by atoms with Gasteiger partial charge < -0.3 is 14.4 Å². The van der Waals surface area contributed by atoms with Crippen molar-refractivity contribution in [1.29, 1.82) is 0 Å². The molecule has 1 N–H and O–H groups in total. The fourth-order valence-corrected chi connectivity index (χ4v) is 6.16. The predicted molar refractivity (Wildman–Crippen MR) is 155 cm³/mol. The molecule has 1 unspecified atom stereocenters. The van der Waals surface area contributed by atoms with Crippen molar-refractivity contribution < 1.29 is 19.1 Å². The molecular formula is C32H31N3O5. The Kier molecular flexibility index (Phi) is 7.09. The van der Waals surface area contributed by atoms with Gasteiger partial charge in [0.2, 0.25) is 0 Å². The highest BCUT2D eigenvalue weighted by Gasteiger charge is 2.40. The van der Waals surface area contributed by atoms with Gasteiger partial charge in [-0.05, 0) is 79.7 Å². The number of nitrogens with zero attached hydrogens (tertiary/aromatic N) is 3. The number of amides is 1. The lowest BCUT2D eigenvalue weighted by atomic mass is 9.82. The lowest BCUT2D eigenvalue weighted by Crippen LogP contribution is -2.58. The van der Waals surface area contributed by atoms with Crippen molar-refractivity contribution in [2.24, 2.45) is 5.92 Å². The number of carboxylic acid groups (broad SMARTS) is 1. The molecule has 3 fully saturated rings. The van der Waals surface area contributed by atoms with Crippen LogP contribution in [0.15, 0.2) is 82.0 Å². The van der Waals surface area contributed by atoms with Gasteiger partial charge in [0.05, 0.1) is 17.2 Å². The molecule has 2 bridgehead atoms. The quantitative estimate of drug-likeness (QED) is 0.287. The summed E-state index contributed by atoms with van der Waals surface area (Å²) in [4.78, 5) is 40.0. The Morgan fingerprint density at radius 1 is 1.02 bits per heavy atom. The number of allylic oxidation sites excluding steroid dienone is 1. The molecular weight excluding hydrogens is 506 g/mol. The molecule has 0 saturated carbocycles. The number of hydrogen-bond acceptors (Lipinski definition) is 5. The Morgan fingerprint density at radius 2 is 1.80 bits per heavy atom. The molecule has 3 aromatic carbocycles. The van der Waals surface area contributed by atoms with Crippen molar-refractivity contribution in [3.8, 4) is 11.1 Å². The first-order valence-corrected chi connectivity index (χ1v) is 13.7. The van der Waals surface area contributed by atoms with Crippen LogP contribution < -0.4 is 10.7 Å². The molecule has 4 aromatic rings. The second-order valence-corrected chi connectivity index (χ2v) is 10.6. The average molecular weight is 538 g/mol. The van der Waals surface area contributed by atoms with Gasteiger partial charge in [-0.15, -0.1) is 0 Å². The maximum Gasteiger partial charge on any atom is 0.419 e. The van der Waals surface area contributed by atoms with Crippen molar-refractivity contribution in [2.45, 2.75) is 31.8 Å². The van der Waals surface area contributed by atoms with Gasteiger partial charge in [0.1, 0.15) is 6.29 Å². The van der Waals surface area contributed by atoms with Crippen LogP contribution in [0.1, 0.15) is 35.2 Å². The van der Waals surface area contributed by atoms with Crippen LogP contribution in [0.25, 0.3) is 28.3 Å². The van der Waals surface area contributed by atoms with Crippen LogP contribution in [0.5, 0.6) is 0 Å².